The van der Waals surface area contributed by atoms with Crippen molar-refractivity contribution in [3.8, 4) is 0 Å². The summed E-state index contributed by atoms with van der Waals surface area (Å²) < 4.78 is 5.15. The minimum atomic E-state index is -0.633. The van der Waals surface area contributed by atoms with Crippen molar-refractivity contribution in [1.82, 2.24) is 0 Å². The Morgan fingerprint density at radius 2 is 1.62 bits per heavy atom. The quantitative estimate of drug-likeness (QED) is 0.617. The van der Waals surface area contributed by atoms with Gasteiger partial charge in [0.1, 0.15) is 0 Å². The molecule has 3 atom stereocenters. The normalized spacial score (nSPS) is 34.7. The molecule has 0 aromatic carbocycles. The van der Waals surface area contributed by atoms with Crippen LogP contribution in [-0.4, -0.2) is 34.5 Å². The summed E-state index contributed by atoms with van der Waals surface area (Å²) in [4.78, 5) is 11.4. The monoisotopic (exact) mass is 230 g/mol. The molecule has 3 unspecified atom stereocenters. The predicted molar refractivity (Wildman–Crippen MR) is 59.9 cm³/mol. The van der Waals surface area contributed by atoms with E-state index in [-0.39, 0.29) is 24.6 Å². The smallest absolute Gasteiger partial charge is 0.308 e. The second-order valence-corrected chi connectivity index (χ2v) is 4.67. The van der Waals surface area contributed by atoms with Gasteiger partial charge in [-0.05, 0) is 45.4 Å². The van der Waals surface area contributed by atoms with Crippen LogP contribution in [0, 0.1) is 0 Å². The van der Waals surface area contributed by atoms with E-state index in [1.807, 2.05) is 6.92 Å². The minimum absolute atomic E-state index is 0.0699. The number of hydrogen-bond acceptors (Lipinski definition) is 4. The van der Waals surface area contributed by atoms with E-state index in [9.17, 15) is 15.0 Å². The highest BCUT2D eigenvalue weighted by atomic mass is 16.5. The fourth-order valence-electron chi connectivity index (χ4n) is 2.00. The Labute approximate surface area is 96.6 Å². The molecule has 1 fully saturated rings. The maximum Gasteiger partial charge on any atom is 0.308 e. The van der Waals surface area contributed by atoms with Gasteiger partial charge in [-0.3, -0.25) is 4.79 Å². The number of carbonyl (C=O) groups excluding carboxylic acids is 1. The van der Waals surface area contributed by atoms with Crippen LogP contribution in [0.5, 0.6) is 0 Å². The molecular formula is C12H22O4. The van der Waals surface area contributed by atoms with Gasteiger partial charge in [0.25, 0.3) is 0 Å². The molecule has 0 aromatic rings. The van der Waals surface area contributed by atoms with Crippen molar-refractivity contribution >= 4 is 5.97 Å². The van der Waals surface area contributed by atoms with E-state index in [1.54, 1.807) is 0 Å². The average molecular weight is 230 g/mol. The van der Waals surface area contributed by atoms with Gasteiger partial charge in [0.2, 0.25) is 0 Å². The van der Waals surface area contributed by atoms with Crippen LogP contribution in [0.2, 0.25) is 0 Å². The lowest BCUT2D eigenvalue weighted by Gasteiger charge is -2.18. The van der Waals surface area contributed by atoms with Crippen molar-refractivity contribution in [1.29, 1.82) is 0 Å². The summed E-state index contributed by atoms with van der Waals surface area (Å²) in [5.74, 6) is -0.318. The van der Waals surface area contributed by atoms with Crippen molar-refractivity contribution in [3.63, 3.8) is 0 Å². The fraction of sp³-hybridized carbons (Fsp3) is 0.917. The number of esters is 1. The Bertz CT molecular complexity index is 197. The molecule has 1 aliphatic heterocycles. The third-order valence-electron chi connectivity index (χ3n) is 2.96. The van der Waals surface area contributed by atoms with Gasteiger partial charge in [-0.2, -0.15) is 0 Å². The molecule has 0 spiro atoms. The first kappa shape index (κ1) is 13.5. The van der Waals surface area contributed by atoms with Crippen LogP contribution >= 0.6 is 0 Å². The highest BCUT2D eigenvalue weighted by molar-refractivity contribution is 5.70. The van der Waals surface area contributed by atoms with Gasteiger partial charge < -0.3 is 14.9 Å². The summed E-state index contributed by atoms with van der Waals surface area (Å²) in [7, 11) is 0. The molecule has 4 heteroatoms. The lowest BCUT2D eigenvalue weighted by Crippen LogP contribution is -2.22. The van der Waals surface area contributed by atoms with Crippen LogP contribution in [0.3, 0.4) is 0 Å². The Kier molecular flexibility index (Phi) is 5.77. The number of aliphatic hydroxyl groups is 2. The topological polar surface area (TPSA) is 66.8 Å². The number of rotatable bonds is 0. The lowest BCUT2D eigenvalue weighted by molar-refractivity contribution is -0.151. The van der Waals surface area contributed by atoms with Crippen molar-refractivity contribution in [2.45, 2.75) is 70.2 Å². The van der Waals surface area contributed by atoms with Gasteiger partial charge in [0.15, 0.2) is 0 Å². The molecule has 1 heterocycles. The van der Waals surface area contributed by atoms with Gasteiger partial charge in [-0.25, -0.2) is 0 Å². The fourth-order valence-corrected chi connectivity index (χ4v) is 2.00. The second-order valence-electron chi connectivity index (χ2n) is 4.67. The molecule has 94 valence electrons. The average Bonchev–Trinajstić information content (AvgIpc) is 2.15. The zero-order valence-electron chi connectivity index (χ0n) is 9.89. The maximum absolute atomic E-state index is 11.4. The van der Waals surface area contributed by atoms with E-state index in [1.165, 1.54) is 0 Å². The zero-order valence-corrected chi connectivity index (χ0v) is 9.89. The summed E-state index contributed by atoms with van der Waals surface area (Å²) >= 11 is 0. The van der Waals surface area contributed by atoms with Crippen LogP contribution in [0.1, 0.15) is 51.9 Å². The molecule has 4 nitrogen and oxygen atoms in total. The maximum atomic E-state index is 11.4. The molecule has 0 aliphatic carbocycles. The number of hydrogen-bond donors (Lipinski definition) is 2. The SMILES string of the molecule is CC1CCCC(O)CCCC(O)CC(=O)O1. The minimum Gasteiger partial charge on any atom is -0.463 e. The number of ether oxygens (including phenoxy) is 1. The number of carbonyl (C=O) groups is 1. The van der Waals surface area contributed by atoms with Crippen LogP contribution in [0.4, 0.5) is 0 Å². The zero-order chi connectivity index (χ0) is 12.0. The van der Waals surface area contributed by atoms with Crippen molar-refractivity contribution in [3.05, 3.63) is 0 Å². The van der Waals surface area contributed by atoms with E-state index >= 15 is 0 Å². The van der Waals surface area contributed by atoms with Crippen LogP contribution in [-0.2, 0) is 9.53 Å². The summed E-state index contributed by atoms with van der Waals surface area (Å²) in [6.07, 6.45) is 3.45. The molecule has 1 aliphatic rings. The van der Waals surface area contributed by atoms with Gasteiger partial charge in [0.05, 0.1) is 24.7 Å². The van der Waals surface area contributed by atoms with Crippen LogP contribution < -0.4 is 0 Å². The van der Waals surface area contributed by atoms with Gasteiger partial charge in [-0.1, -0.05) is 0 Å². The third kappa shape index (κ3) is 5.47. The van der Waals surface area contributed by atoms with Crippen LogP contribution in [0.25, 0.3) is 0 Å². The molecule has 0 radical (unpaired) electrons. The number of aliphatic hydroxyl groups excluding tert-OH is 2. The van der Waals surface area contributed by atoms with Gasteiger partial charge >= 0.3 is 5.97 Å². The summed E-state index contributed by atoms with van der Waals surface area (Å²) in [6.45, 7) is 1.85. The molecule has 0 aromatic heterocycles. The highest BCUT2D eigenvalue weighted by Crippen LogP contribution is 2.15. The molecule has 0 bridgehead atoms. The molecule has 1 rings (SSSR count). The first-order valence-electron chi connectivity index (χ1n) is 6.13. The van der Waals surface area contributed by atoms with Crippen molar-refractivity contribution < 1.29 is 19.7 Å². The number of cyclic esters (lactones) is 1. The van der Waals surface area contributed by atoms with E-state index in [0.29, 0.717) is 12.8 Å². The van der Waals surface area contributed by atoms with E-state index in [0.717, 1.165) is 25.7 Å². The second kappa shape index (κ2) is 6.86. The molecule has 0 saturated carbocycles. The third-order valence-corrected chi connectivity index (χ3v) is 2.96. The first-order chi connectivity index (χ1) is 7.58. The Morgan fingerprint density at radius 1 is 1.06 bits per heavy atom. The summed E-state index contributed by atoms with van der Waals surface area (Å²) in [6, 6.07) is 0. The molecule has 16 heavy (non-hydrogen) atoms. The van der Waals surface area contributed by atoms with Crippen molar-refractivity contribution in [2.24, 2.45) is 0 Å². The summed E-state index contributed by atoms with van der Waals surface area (Å²) in [5.41, 5.74) is 0. The predicted octanol–water partition coefficient (Wildman–Crippen LogP) is 1.38. The molecule has 2 N–H and O–H groups in total. The highest BCUT2D eigenvalue weighted by Gasteiger charge is 2.17. The Hall–Kier alpha value is -0.610. The largest absolute Gasteiger partial charge is 0.463 e. The van der Waals surface area contributed by atoms with E-state index < -0.39 is 6.10 Å². The first-order valence-corrected chi connectivity index (χ1v) is 6.13. The van der Waals surface area contributed by atoms with E-state index in [2.05, 4.69) is 0 Å². The molecule has 0 amide bonds. The van der Waals surface area contributed by atoms with E-state index in [4.69, 9.17) is 4.74 Å². The standard InChI is InChI=1S/C12H22O4/c1-9-4-2-5-10(13)6-3-7-11(14)8-12(15)16-9/h9-11,13-14H,2-8H2,1H3. The summed E-state index contributed by atoms with van der Waals surface area (Å²) in [5, 5.41) is 19.2. The van der Waals surface area contributed by atoms with Gasteiger partial charge in [-0.15, -0.1) is 0 Å². The molecule has 1 saturated heterocycles. The Balaban J connectivity index is 2.44. The Morgan fingerprint density at radius 3 is 2.31 bits per heavy atom. The van der Waals surface area contributed by atoms with Crippen LogP contribution in [0.15, 0.2) is 0 Å². The van der Waals surface area contributed by atoms with Gasteiger partial charge in [0, 0.05) is 0 Å². The lowest BCUT2D eigenvalue weighted by atomic mass is 10.0. The van der Waals surface area contributed by atoms with Crippen molar-refractivity contribution in [2.75, 3.05) is 0 Å². The molecular weight excluding hydrogens is 208 g/mol.